The zero-order valence-electron chi connectivity index (χ0n) is 11.5. The van der Waals surface area contributed by atoms with Crippen molar-refractivity contribution >= 4 is 10.0 Å². The monoisotopic (exact) mass is 342 g/mol. The maximum atomic E-state index is 12.5. The van der Waals surface area contributed by atoms with E-state index in [1.54, 1.807) is 0 Å². The summed E-state index contributed by atoms with van der Waals surface area (Å²) in [5.74, 6) is 0.305. The highest BCUT2D eigenvalue weighted by atomic mass is 32.2. The van der Waals surface area contributed by atoms with Crippen LogP contribution in [-0.2, 0) is 10.0 Å². The van der Waals surface area contributed by atoms with E-state index in [4.69, 9.17) is 15.0 Å². The number of halogens is 3. The normalized spacial score (nSPS) is 13.9. The molecule has 10 heteroatoms. The van der Waals surface area contributed by atoms with Crippen molar-refractivity contribution in [2.24, 2.45) is 5.14 Å². The molecular weight excluding hydrogens is 325 g/mol. The summed E-state index contributed by atoms with van der Waals surface area (Å²) in [7, 11) is -3.80. The van der Waals surface area contributed by atoms with E-state index >= 15 is 0 Å². The van der Waals surface area contributed by atoms with Crippen LogP contribution in [-0.4, -0.2) is 45.5 Å². The van der Waals surface area contributed by atoms with Crippen molar-refractivity contribution in [2.45, 2.75) is 23.5 Å². The van der Waals surface area contributed by atoms with Gasteiger partial charge in [0, 0.05) is 13.2 Å². The first-order valence-electron chi connectivity index (χ1n) is 6.31. The lowest BCUT2D eigenvalue weighted by atomic mass is 10.2. The number of primary sulfonamides is 1. The van der Waals surface area contributed by atoms with Gasteiger partial charge in [0.15, 0.2) is 0 Å². The van der Waals surface area contributed by atoms with Crippen LogP contribution in [0.25, 0.3) is 0 Å². The van der Waals surface area contributed by atoms with Crippen LogP contribution < -0.4 is 15.2 Å². The van der Waals surface area contributed by atoms with Crippen LogP contribution in [0.4, 0.5) is 13.2 Å². The van der Waals surface area contributed by atoms with Gasteiger partial charge in [0.25, 0.3) is 0 Å². The van der Waals surface area contributed by atoms with Crippen LogP contribution in [0.1, 0.15) is 6.42 Å². The molecule has 0 saturated heterocycles. The maximum absolute atomic E-state index is 12.5. The molecule has 4 N–H and O–H groups in total. The van der Waals surface area contributed by atoms with Crippen molar-refractivity contribution in [3.8, 4) is 5.75 Å². The van der Waals surface area contributed by atoms with Crippen molar-refractivity contribution < 1.29 is 31.4 Å². The van der Waals surface area contributed by atoms with Gasteiger partial charge in [-0.3, -0.25) is 0 Å². The van der Waals surface area contributed by atoms with Gasteiger partial charge < -0.3 is 15.2 Å². The standard InChI is InChI=1S/C12H17F3N2O4S/c13-12(14,15)11(5-7-18)17-6-8-21-9-1-3-10(4-2-9)22(16,19)20/h1-4,11,17-18H,5-8H2,(H2,16,19,20)/t11-/m1/s1. The molecule has 126 valence electrons. The molecular formula is C12H17F3N2O4S. The zero-order valence-corrected chi connectivity index (χ0v) is 12.3. The van der Waals surface area contributed by atoms with Crippen LogP contribution >= 0.6 is 0 Å². The molecule has 0 fully saturated rings. The molecule has 0 amide bonds. The molecule has 0 aromatic heterocycles. The number of nitrogens with one attached hydrogen (secondary N) is 1. The van der Waals surface area contributed by atoms with Gasteiger partial charge in [0.05, 0.1) is 4.90 Å². The van der Waals surface area contributed by atoms with Crippen LogP contribution in [0.2, 0.25) is 0 Å². The second kappa shape index (κ2) is 7.77. The second-order valence-corrected chi connectivity index (χ2v) is 5.99. The van der Waals surface area contributed by atoms with Crippen LogP contribution in [0, 0.1) is 0 Å². The fourth-order valence-electron chi connectivity index (χ4n) is 1.64. The average molecular weight is 342 g/mol. The Morgan fingerprint density at radius 2 is 1.86 bits per heavy atom. The molecule has 0 aliphatic rings. The number of alkyl halides is 3. The van der Waals surface area contributed by atoms with E-state index in [2.05, 4.69) is 5.32 Å². The number of aliphatic hydroxyl groups is 1. The van der Waals surface area contributed by atoms with Gasteiger partial charge in [-0.05, 0) is 30.7 Å². The highest BCUT2D eigenvalue weighted by Gasteiger charge is 2.38. The summed E-state index contributed by atoms with van der Waals surface area (Å²) >= 11 is 0. The molecule has 0 heterocycles. The highest BCUT2D eigenvalue weighted by Crippen LogP contribution is 2.22. The van der Waals surface area contributed by atoms with Crippen LogP contribution in [0.15, 0.2) is 29.2 Å². The molecule has 1 aromatic rings. The second-order valence-electron chi connectivity index (χ2n) is 4.43. The summed E-state index contributed by atoms with van der Waals surface area (Å²) in [5.41, 5.74) is 0. The lowest BCUT2D eigenvalue weighted by Gasteiger charge is -2.20. The summed E-state index contributed by atoms with van der Waals surface area (Å²) in [4.78, 5) is -0.0851. The highest BCUT2D eigenvalue weighted by molar-refractivity contribution is 7.89. The SMILES string of the molecule is NS(=O)(=O)c1ccc(OCCN[C@H](CCO)C(F)(F)F)cc1. The van der Waals surface area contributed by atoms with Crippen LogP contribution in [0.5, 0.6) is 5.75 Å². The van der Waals surface area contributed by atoms with E-state index in [-0.39, 0.29) is 18.0 Å². The number of ether oxygens (including phenoxy) is 1. The lowest BCUT2D eigenvalue weighted by molar-refractivity contribution is -0.159. The molecule has 0 saturated carbocycles. The van der Waals surface area contributed by atoms with Crippen molar-refractivity contribution in [3.05, 3.63) is 24.3 Å². The topological polar surface area (TPSA) is 102 Å². The summed E-state index contributed by atoms with van der Waals surface area (Å²) in [6.45, 7) is -0.707. The predicted molar refractivity (Wildman–Crippen MR) is 72.9 cm³/mol. The molecule has 0 unspecified atom stereocenters. The Morgan fingerprint density at radius 1 is 1.27 bits per heavy atom. The number of aliphatic hydroxyl groups excluding tert-OH is 1. The first-order chi connectivity index (χ1) is 10.1. The Hall–Kier alpha value is -1.36. The molecule has 1 rings (SSSR count). The Kier molecular flexibility index (Phi) is 6.60. The third kappa shape index (κ3) is 6.18. The summed E-state index contributed by atoms with van der Waals surface area (Å²) < 4.78 is 64.8. The number of hydrogen-bond acceptors (Lipinski definition) is 5. The Morgan fingerprint density at radius 3 is 2.32 bits per heavy atom. The zero-order chi connectivity index (χ0) is 16.8. The van der Waals surface area contributed by atoms with E-state index in [1.807, 2.05) is 0 Å². The number of nitrogens with two attached hydrogens (primary N) is 1. The quantitative estimate of drug-likeness (QED) is 0.601. The van der Waals surface area contributed by atoms with Crippen molar-refractivity contribution in [3.63, 3.8) is 0 Å². The summed E-state index contributed by atoms with van der Waals surface area (Å²) in [5, 5.41) is 15.8. The van der Waals surface area contributed by atoms with E-state index in [1.165, 1.54) is 24.3 Å². The number of benzene rings is 1. The maximum Gasteiger partial charge on any atom is 0.403 e. The Bertz CT molecular complexity index is 561. The minimum atomic E-state index is -4.44. The number of rotatable bonds is 8. The van der Waals surface area contributed by atoms with Gasteiger partial charge in [0.2, 0.25) is 10.0 Å². The minimum Gasteiger partial charge on any atom is -0.492 e. The largest absolute Gasteiger partial charge is 0.492 e. The van der Waals surface area contributed by atoms with E-state index in [0.29, 0.717) is 5.75 Å². The van der Waals surface area contributed by atoms with E-state index in [0.717, 1.165) is 0 Å². The average Bonchev–Trinajstić information content (AvgIpc) is 2.40. The smallest absolute Gasteiger partial charge is 0.403 e. The molecule has 0 aliphatic heterocycles. The fourth-order valence-corrected chi connectivity index (χ4v) is 2.15. The van der Waals surface area contributed by atoms with E-state index in [9.17, 15) is 21.6 Å². The minimum absolute atomic E-state index is 0.0489. The lowest BCUT2D eigenvalue weighted by Crippen LogP contribution is -2.44. The first kappa shape index (κ1) is 18.7. The Balaban J connectivity index is 2.44. The van der Waals surface area contributed by atoms with Gasteiger partial charge >= 0.3 is 6.18 Å². The van der Waals surface area contributed by atoms with Gasteiger partial charge in [-0.1, -0.05) is 0 Å². The molecule has 1 aromatic carbocycles. The molecule has 6 nitrogen and oxygen atoms in total. The van der Waals surface area contributed by atoms with Gasteiger partial charge in [-0.15, -0.1) is 0 Å². The number of hydrogen-bond donors (Lipinski definition) is 3. The number of sulfonamides is 1. The molecule has 0 bridgehead atoms. The van der Waals surface area contributed by atoms with Gasteiger partial charge in [-0.25, -0.2) is 13.6 Å². The predicted octanol–water partition coefficient (Wildman–Crippen LogP) is 0.616. The summed E-state index contributed by atoms with van der Waals surface area (Å²) in [6, 6.07) is 3.39. The summed E-state index contributed by atoms with van der Waals surface area (Å²) in [6.07, 6.45) is -4.88. The third-order valence-corrected chi connectivity index (χ3v) is 3.66. The van der Waals surface area contributed by atoms with Crippen molar-refractivity contribution in [1.29, 1.82) is 0 Å². The molecule has 1 atom stereocenters. The fraction of sp³-hybridized carbons (Fsp3) is 0.500. The third-order valence-electron chi connectivity index (χ3n) is 2.73. The van der Waals surface area contributed by atoms with Gasteiger partial charge in [0.1, 0.15) is 18.4 Å². The Labute approximate surface area is 126 Å². The molecule has 0 spiro atoms. The van der Waals surface area contributed by atoms with Gasteiger partial charge in [-0.2, -0.15) is 13.2 Å². The molecule has 0 radical (unpaired) electrons. The molecule has 0 aliphatic carbocycles. The van der Waals surface area contributed by atoms with Crippen molar-refractivity contribution in [1.82, 2.24) is 5.32 Å². The van der Waals surface area contributed by atoms with Crippen LogP contribution in [0.3, 0.4) is 0 Å². The first-order valence-corrected chi connectivity index (χ1v) is 7.86. The van der Waals surface area contributed by atoms with E-state index < -0.39 is 35.3 Å². The van der Waals surface area contributed by atoms with Crippen molar-refractivity contribution in [2.75, 3.05) is 19.8 Å². The molecule has 22 heavy (non-hydrogen) atoms.